The van der Waals surface area contributed by atoms with Crippen molar-refractivity contribution < 1.29 is 19.1 Å². The number of carbonyl (C=O) groups is 1. The van der Waals surface area contributed by atoms with E-state index in [2.05, 4.69) is 60.5 Å². The monoisotopic (exact) mass is 531 g/mol. The van der Waals surface area contributed by atoms with Crippen molar-refractivity contribution in [3.63, 3.8) is 0 Å². The summed E-state index contributed by atoms with van der Waals surface area (Å²) in [5, 5.41) is 9.97. The smallest absolute Gasteiger partial charge is 0.306 e. The first-order chi connectivity index (χ1) is 18.8. The summed E-state index contributed by atoms with van der Waals surface area (Å²) in [5.74, 6) is 1.53. The van der Waals surface area contributed by atoms with Gasteiger partial charge in [-0.05, 0) is 87.8 Å². The Bertz CT molecular complexity index is 1170. The van der Waals surface area contributed by atoms with Crippen molar-refractivity contribution in [1.82, 2.24) is 4.98 Å². The summed E-state index contributed by atoms with van der Waals surface area (Å²) in [5.41, 5.74) is 1.76. The molecular formula is C34H45NO4. The Balaban J connectivity index is 1.68. The summed E-state index contributed by atoms with van der Waals surface area (Å²) in [6.07, 6.45) is 19.9. The van der Waals surface area contributed by atoms with E-state index in [1.807, 2.05) is 52.0 Å². The summed E-state index contributed by atoms with van der Waals surface area (Å²) in [6.45, 7) is 10.7. The van der Waals surface area contributed by atoms with Crippen LogP contribution in [-0.4, -0.2) is 22.7 Å². The van der Waals surface area contributed by atoms with Gasteiger partial charge in [-0.3, -0.25) is 4.79 Å². The predicted molar refractivity (Wildman–Crippen MR) is 159 cm³/mol. The predicted octanol–water partition coefficient (Wildman–Crippen LogP) is 8.67. The summed E-state index contributed by atoms with van der Waals surface area (Å²) in [4.78, 5) is 16.8. The first kappa shape index (κ1) is 30.2. The van der Waals surface area contributed by atoms with E-state index in [-0.39, 0.29) is 23.2 Å². The number of nitrogens with zero attached hydrogens (tertiary/aromatic N) is 1. The third kappa shape index (κ3) is 8.32. The Morgan fingerprint density at radius 1 is 1.21 bits per heavy atom. The number of carboxylic acid groups (broad SMARTS) is 1. The second-order valence-electron chi connectivity index (χ2n) is 10.7. The van der Waals surface area contributed by atoms with E-state index in [0.29, 0.717) is 25.3 Å². The van der Waals surface area contributed by atoms with Crippen LogP contribution in [0.25, 0.3) is 12.2 Å². The maximum atomic E-state index is 12.1. The molecule has 1 aliphatic rings. The molecule has 1 aromatic carbocycles. The lowest BCUT2D eigenvalue weighted by Crippen LogP contribution is -2.34. The molecular weight excluding hydrogens is 486 g/mol. The third-order valence-corrected chi connectivity index (χ3v) is 8.07. The number of hydrogen-bond acceptors (Lipinski definition) is 4. The molecule has 2 aromatic rings. The van der Waals surface area contributed by atoms with Gasteiger partial charge in [-0.2, -0.15) is 0 Å². The van der Waals surface area contributed by atoms with Crippen LogP contribution in [0.4, 0.5) is 0 Å². The molecule has 1 heterocycles. The normalized spacial score (nSPS) is 22.8. The zero-order valence-electron chi connectivity index (χ0n) is 24.2. The molecule has 1 aromatic heterocycles. The van der Waals surface area contributed by atoms with Gasteiger partial charge in [0.25, 0.3) is 0 Å². The maximum absolute atomic E-state index is 12.1. The molecule has 0 amide bonds. The lowest BCUT2D eigenvalue weighted by molar-refractivity contribution is -0.145. The van der Waals surface area contributed by atoms with E-state index in [4.69, 9.17) is 9.15 Å². The van der Waals surface area contributed by atoms with E-state index in [1.165, 1.54) is 0 Å². The summed E-state index contributed by atoms with van der Waals surface area (Å²) >= 11 is 0. The van der Waals surface area contributed by atoms with Crippen molar-refractivity contribution in [3.05, 3.63) is 89.4 Å². The van der Waals surface area contributed by atoms with Crippen molar-refractivity contribution >= 4 is 18.1 Å². The number of oxazole rings is 1. The van der Waals surface area contributed by atoms with Crippen LogP contribution < -0.4 is 0 Å². The molecule has 0 spiro atoms. The summed E-state index contributed by atoms with van der Waals surface area (Å²) < 4.78 is 11.9. The largest absolute Gasteiger partial charge is 0.498 e. The highest BCUT2D eigenvalue weighted by Crippen LogP contribution is 2.53. The lowest BCUT2D eigenvalue weighted by atomic mass is 9.67. The molecule has 1 aliphatic carbocycles. The van der Waals surface area contributed by atoms with Gasteiger partial charge < -0.3 is 14.3 Å². The molecule has 0 radical (unpaired) electrons. The number of aryl methyl sites for hydroxylation is 1. The van der Waals surface area contributed by atoms with Crippen molar-refractivity contribution in [2.24, 2.45) is 23.2 Å². The fourth-order valence-corrected chi connectivity index (χ4v) is 5.81. The van der Waals surface area contributed by atoms with Crippen LogP contribution in [0, 0.1) is 30.1 Å². The maximum Gasteiger partial charge on any atom is 0.306 e. The Labute approximate surface area is 234 Å². The first-order valence-electron chi connectivity index (χ1n) is 14.3. The molecule has 3 rings (SSSR count). The molecule has 1 saturated carbocycles. The standard InChI is InChI=1S/C34H45NO4/c1-6-8-9-10-14-17-32-35-31(26(4)39-32)21-23-38-25(3)24-28-18-19-30(29(7-2)33(36)37)34(28,5)22-20-27-15-12-11-13-16-27/h6,8,11-17,20,22,24,28-30H,7,9-10,18-19,21,23H2,1-5H3,(H,36,37)/b8-6-,17-14+,22-20+,25-24+. The molecule has 5 heteroatoms. The Kier molecular flexibility index (Phi) is 11.4. The number of aliphatic carboxylic acids is 1. The van der Waals surface area contributed by atoms with Crippen LogP contribution in [0.2, 0.25) is 0 Å². The number of ether oxygens (including phenoxy) is 1. The van der Waals surface area contributed by atoms with E-state index >= 15 is 0 Å². The van der Waals surface area contributed by atoms with Crippen molar-refractivity contribution in [1.29, 1.82) is 0 Å². The molecule has 1 N–H and O–H groups in total. The number of unbranched alkanes of at least 4 members (excludes halogenated alkanes) is 1. The number of hydrogen-bond donors (Lipinski definition) is 1. The minimum atomic E-state index is -0.700. The van der Waals surface area contributed by atoms with Crippen LogP contribution in [0.15, 0.2) is 70.9 Å². The van der Waals surface area contributed by atoms with E-state index in [1.54, 1.807) is 0 Å². The highest BCUT2D eigenvalue weighted by atomic mass is 16.5. The minimum absolute atomic E-state index is 0.0660. The van der Waals surface area contributed by atoms with Gasteiger partial charge in [0.2, 0.25) is 5.89 Å². The zero-order chi connectivity index (χ0) is 28.3. The van der Waals surface area contributed by atoms with Crippen LogP contribution in [0.1, 0.15) is 82.7 Å². The number of benzene rings is 1. The van der Waals surface area contributed by atoms with Crippen molar-refractivity contribution in [3.8, 4) is 0 Å². The fraction of sp³-hybridized carbons (Fsp3) is 0.471. The average molecular weight is 532 g/mol. The second-order valence-corrected chi connectivity index (χ2v) is 10.7. The summed E-state index contributed by atoms with van der Waals surface area (Å²) in [6, 6.07) is 10.2. The van der Waals surface area contributed by atoms with Gasteiger partial charge in [0.1, 0.15) is 5.76 Å². The van der Waals surface area contributed by atoms with Gasteiger partial charge in [0.05, 0.1) is 24.0 Å². The number of carboxylic acids is 1. The molecule has 39 heavy (non-hydrogen) atoms. The number of rotatable bonds is 14. The van der Waals surface area contributed by atoms with Crippen LogP contribution >= 0.6 is 0 Å². The van der Waals surface area contributed by atoms with E-state index in [0.717, 1.165) is 48.5 Å². The van der Waals surface area contributed by atoms with Gasteiger partial charge >= 0.3 is 5.97 Å². The SMILES string of the molecule is C/C=C\CC/C=C/c1nc(CCO/C(C)=C/C2CCC(C(CC)C(=O)O)C2(C)/C=C/c2ccccc2)c(C)o1. The van der Waals surface area contributed by atoms with Crippen molar-refractivity contribution in [2.75, 3.05) is 6.61 Å². The van der Waals surface area contributed by atoms with Gasteiger partial charge in [0.15, 0.2) is 0 Å². The van der Waals surface area contributed by atoms with Gasteiger partial charge in [-0.15, -0.1) is 0 Å². The minimum Gasteiger partial charge on any atom is -0.498 e. The highest BCUT2D eigenvalue weighted by molar-refractivity contribution is 5.70. The van der Waals surface area contributed by atoms with Crippen LogP contribution in [-0.2, 0) is 16.0 Å². The Morgan fingerprint density at radius 2 is 1.95 bits per heavy atom. The molecule has 0 bridgehead atoms. The molecule has 210 valence electrons. The first-order valence-corrected chi connectivity index (χ1v) is 14.3. The van der Waals surface area contributed by atoms with Gasteiger partial charge in [-0.1, -0.05) is 74.6 Å². The molecule has 0 saturated heterocycles. The van der Waals surface area contributed by atoms with Crippen molar-refractivity contribution in [2.45, 2.75) is 73.1 Å². The molecule has 1 fully saturated rings. The van der Waals surface area contributed by atoms with Crippen LogP contribution in [0.5, 0.6) is 0 Å². The quantitative estimate of drug-likeness (QED) is 0.150. The summed E-state index contributed by atoms with van der Waals surface area (Å²) in [7, 11) is 0. The fourth-order valence-electron chi connectivity index (χ4n) is 5.81. The van der Waals surface area contributed by atoms with E-state index in [9.17, 15) is 9.90 Å². The molecule has 5 nitrogen and oxygen atoms in total. The van der Waals surface area contributed by atoms with Gasteiger partial charge in [-0.25, -0.2) is 4.98 Å². The number of aromatic nitrogens is 1. The Morgan fingerprint density at radius 3 is 2.64 bits per heavy atom. The zero-order valence-corrected chi connectivity index (χ0v) is 24.2. The lowest BCUT2D eigenvalue weighted by Gasteiger charge is -2.36. The van der Waals surface area contributed by atoms with Gasteiger partial charge in [0, 0.05) is 6.42 Å². The molecule has 4 unspecified atom stereocenters. The third-order valence-electron chi connectivity index (χ3n) is 8.07. The second kappa shape index (κ2) is 14.7. The average Bonchev–Trinajstić information content (AvgIpc) is 3.42. The molecule has 4 atom stereocenters. The number of allylic oxidation sites excluding steroid dienone is 6. The topological polar surface area (TPSA) is 72.6 Å². The highest BCUT2D eigenvalue weighted by Gasteiger charge is 2.48. The van der Waals surface area contributed by atoms with Crippen LogP contribution in [0.3, 0.4) is 0 Å². The Hall–Kier alpha value is -3.34. The molecule has 0 aliphatic heterocycles. The van der Waals surface area contributed by atoms with E-state index < -0.39 is 5.97 Å².